The van der Waals surface area contributed by atoms with Crippen LogP contribution in [-0.4, -0.2) is 34.8 Å². The summed E-state index contributed by atoms with van der Waals surface area (Å²) in [7, 11) is 1.91. The first-order chi connectivity index (χ1) is 8.19. The number of anilines is 1. The van der Waals surface area contributed by atoms with Gasteiger partial charge in [0.2, 0.25) is 5.91 Å². The molecule has 1 saturated heterocycles. The van der Waals surface area contributed by atoms with Crippen molar-refractivity contribution < 1.29 is 4.79 Å². The van der Waals surface area contributed by atoms with Gasteiger partial charge in [0.05, 0.1) is 11.9 Å². The van der Waals surface area contributed by atoms with Gasteiger partial charge in [-0.2, -0.15) is 5.10 Å². The molecule has 0 radical (unpaired) electrons. The number of rotatable bonds is 3. The van der Waals surface area contributed by atoms with Gasteiger partial charge < -0.3 is 10.2 Å². The van der Waals surface area contributed by atoms with Crippen LogP contribution < -0.4 is 10.2 Å². The Morgan fingerprint density at radius 1 is 1.71 bits per heavy atom. The quantitative estimate of drug-likeness (QED) is 0.783. The maximum atomic E-state index is 11.3. The van der Waals surface area contributed by atoms with Crippen LogP contribution in [0.2, 0.25) is 0 Å². The van der Waals surface area contributed by atoms with Crippen molar-refractivity contribution in [1.82, 2.24) is 15.1 Å². The monoisotopic (exact) mass is 234 g/mol. The Morgan fingerprint density at radius 3 is 3.18 bits per heavy atom. The van der Waals surface area contributed by atoms with Crippen molar-refractivity contribution in [2.75, 3.05) is 18.0 Å². The van der Waals surface area contributed by atoms with E-state index in [0.717, 1.165) is 31.6 Å². The number of amides is 1. The second kappa shape index (κ2) is 5.03. The molecule has 17 heavy (non-hydrogen) atoms. The van der Waals surface area contributed by atoms with Crippen molar-refractivity contribution in [2.24, 2.45) is 7.05 Å². The predicted octanol–water partition coefficient (Wildman–Crippen LogP) is 0.691. The van der Waals surface area contributed by atoms with E-state index in [4.69, 9.17) is 0 Å². The van der Waals surface area contributed by atoms with Gasteiger partial charge in [-0.15, -0.1) is 0 Å². The van der Waals surface area contributed by atoms with Crippen molar-refractivity contribution in [2.45, 2.75) is 18.9 Å². The van der Waals surface area contributed by atoms with Crippen LogP contribution in [0.5, 0.6) is 0 Å². The number of hydrogen-bond donors (Lipinski definition) is 1. The van der Waals surface area contributed by atoms with E-state index < -0.39 is 0 Å². The first-order valence-corrected chi connectivity index (χ1v) is 5.85. The van der Waals surface area contributed by atoms with E-state index in [0.29, 0.717) is 0 Å². The molecule has 1 aliphatic heterocycles. The fourth-order valence-corrected chi connectivity index (χ4v) is 2.16. The standard InChI is InChI=1S/C12H18N4O/c1-3-12(17)14-10-5-4-6-16(8-10)11-7-13-15(2)9-11/h3,7,9-10H,1,4-6,8H2,2H3,(H,14,17)/t10-/m1/s1. The minimum atomic E-state index is -0.0944. The predicted molar refractivity (Wildman–Crippen MR) is 66.8 cm³/mol. The van der Waals surface area contributed by atoms with Crippen molar-refractivity contribution in [3.63, 3.8) is 0 Å². The highest BCUT2D eigenvalue weighted by Gasteiger charge is 2.21. The average Bonchev–Trinajstić information content (AvgIpc) is 2.76. The minimum Gasteiger partial charge on any atom is -0.367 e. The van der Waals surface area contributed by atoms with Crippen LogP contribution in [0.1, 0.15) is 12.8 Å². The third kappa shape index (κ3) is 2.87. The van der Waals surface area contributed by atoms with Crippen LogP contribution in [0.25, 0.3) is 0 Å². The first-order valence-electron chi connectivity index (χ1n) is 5.85. The highest BCUT2D eigenvalue weighted by Crippen LogP contribution is 2.18. The lowest BCUT2D eigenvalue weighted by atomic mass is 10.1. The third-order valence-corrected chi connectivity index (χ3v) is 3.01. The summed E-state index contributed by atoms with van der Waals surface area (Å²) >= 11 is 0. The largest absolute Gasteiger partial charge is 0.367 e. The van der Waals surface area contributed by atoms with Crippen LogP contribution in [0.15, 0.2) is 25.0 Å². The SMILES string of the molecule is C=CC(=O)N[C@@H]1CCCN(c2cnn(C)c2)C1. The van der Waals surface area contributed by atoms with Crippen LogP contribution in [-0.2, 0) is 11.8 Å². The summed E-state index contributed by atoms with van der Waals surface area (Å²) in [6, 6.07) is 0.203. The fourth-order valence-electron chi connectivity index (χ4n) is 2.16. The van der Waals surface area contributed by atoms with E-state index >= 15 is 0 Å². The molecule has 0 bridgehead atoms. The number of nitrogens with zero attached hydrogens (tertiary/aromatic N) is 3. The van der Waals surface area contributed by atoms with E-state index in [-0.39, 0.29) is 11.9 Å². The van der Waals surface area contributed by atoms with Crippen molar-refractivity contribution in [3.05, 3.63) is 25.0 Å². The van der Waals surface area contributed by atoms with E-state index in [2.05, 4.69) is 21.9 Å². The van der Waals surface area contributed by atoms with Crippen molar-refractivity contribution >= 4 is 11.6 Å². The van der Waals surface area contributed by atoms with Crippen molar-refractivity contribution in [1.29, 1.82) is 0 Å². The van der Waals surface area contributed by atoms with Gasteiger partial charge in [-0.05, 0) is 18.9 Å². The molecule has 0 aliphatic carbocycles. The Labute approximate surface area is 101 Å². The van der Waals surface area contributed by atoms with E-state index in [1.807, 2.05) is 19.4 Å². The van der Waals surface area contributed by atoms with Gasteiger partial charge in [0.25, 0.3) is 0 Å². The highest BCUT2D eigenvalue weighted by molar-refractivity contribution is 5.87. The average molecular weight is 234 g/mol. The van der Waals surface area contributed by atoms with Crippen LogP contribution >= 0.6 is 0 Å². The Morgan fingerprint density at radius 2 is 2.53 bits per heavy atom. The molecular weight excluding hydrogens is 216 g/mol. The topological polar surface area (TPSA) is 50.2 Å². The number of aryl methyl sites for hydroxylation is 1. The molecule has 1 N–H and O–H groups in total. The molecular formula is C12H18N4O. The molecule has 2 heterocycles. The van der Waals surface area contributed by atoms with E-state index in [1.165, 1.54) is 6.08 Å². The van der Waals surface area contributed by atoms with Gasteiger partial charge in [-0.1, -0.05) is 6.58 Å². The van der Waals surface area contributed by atoms with Crippen LogP contribution in [0.4, 0.5) is 5.69 Å². The summed E-state index contributed by atoms with van der Waals surface area (Å²) < 4.78 is 1.79. The zero-order valence-corrected chi connectivity index (χ0v) is 10.1. The van der Waals surface area contributed by atoms with Crippen molar-refractivity contribution in [3.8, 4) is 0 Å². The molecule has 1 aromatic heterocycles. The number of aromatic nitrogens is 2. The van der Waals surface area contributed by atoms with Crippen LogP contribution in [0, 0.1) is 0 Å². The Bertz CT molecular complexity index is 412. The minimum absolute atomic E-state index is 0.0944. The van der Waals surface area contributed by atoms with E-state index in [1.54, 1.807) is 4.68 Å². The van der Waals surface area contributed by atoms with Gasteiger partial charge in [0.15, 0.2) is 0 Å². The highest BCUT2D eigenvalue weighted by atomic mass is 16.1. The summed E-state index contributed by atoms with van der Waals surface area (Å²) in [6.45, 7) is 5.33. The molecule has 0 spiro atoms. The second-order valence-corrected chi connectivity index (χ2v) is 4.37. The summed E-state index contributed by atoms with van der Waals surface area (Å²) in [5, 5.41) is 7.11. The normalized spacial score (nSPS) is 20.1. The lowest BCUT2D eigenvalue weighted by Gasteiger charge is -2.33. The Balaban J connectivity index is 1.97. The molecule has 5 heteroatoms. The zero-order valence-electron chi connectivity index (χ0n) is 10.1. The molecule has 1 fully saturated rings. The number of carbonyl (C=O) groups is 1. The van der Waals surface area contributed by atoms with Gasteiger partial charge >= 0.3 is 0 Å². The van der Waals surface area contributed by atoms with Crippen LogP contribution in [0.3, 0.4) is 0 Å². The smallest absolute Gasteiger partial charge is 0.243 e. The summed E-state index contributed by atoms with van der Waals surface area (Å²) in [6.07, 6.45) is 7.28. The molecule has 0 saturated carbocycles. The molecule has 1 atom stereocenters. The number of carbonyl (C=O) groups excluding carboxylic acids is 1. The number of hydrogen-bond acceptors (Lipinski definition) is 3. The molecule has 0 unspecified atom stereocenters. The summed E-state index contributed by atoms with van der Waals surface area (Å²) in [5.74, 6) is -0.0944. The second-order valence-electron chi connectivity index (χ2n) is 4.37. The molecule has 1 aromatic rings. The lowest BCUT2D eigenvalue weighted by molar-refractivity contribution is -0.117. The number of piperidine rings is 1. The summed E-state index contributed by atoms with van der Waals surface area (Å²) in [5.41, 5.74) is 1.12. The zero-order chi connectivity index (χ0) is 12.3. The third-order valence-electron chi connectivity index (χ3n) is 3.01. The molecule has 1 amide bonds. The molecule has 92 valence electrons. The fraction of sp³-hybridized carbons (Fsp3) is 0.500. The molecule has 5 nitrogen and oxygen atoms in total. The Hall–Kier alpha value is -1.78. The van der Waals surface area contributed by atoms with Gasteiger partial charge in [0, 0.05) is 32.4 Å². The van der Waals surface area contributed by atoms with Gasteiger partial charge in [0.1, 0.15) is 0 Å². The molecule has 1 aliphatic rings. The summed E-state index contributed by atoms with van der Waals surface area (Å²) in [4.78, 5) is 13.5. The van der Waals surface area contributed by atoms with Gasteiger partial charge in [-0.25, -0.2) is 0 Å². The maximum absolute atomic E-state index is 11.3. The molecule has 2 rings (SSSR count). The lowest BCUT2D eigenvalue weighted by Crippen LogP contribution is -2.47. The van der Waals surface area contributed by atoms with E-state index in [9.17, 15) is 4.79 Å². The van der Waals surface area contributed by atoms with Gasteiger partial charge in [-0.3, -0.25) is 9.48 Å². The first kappa shape index (κ1) is 11.7. The maximum Gasteiger partial charge on any atom is 0.243 e. The Kier molecular flexibility index (Phi) is 3.46. The molecule has 0 aromatic carbocycles. The number of nitrogens with one attached hydrogen (secondary N) is 1.